The fourth-order valence-electron chi connectivity index (χ4n) is 2.25. The van der Waals surface area contributed by atoms with Crippen LogP contribution in [0, 0.1) is 11.3 Å². The molecule has 0 aliphatic heterocycles. The zero-order valence-corrected chi connectivity index (χ0v) is 10.9. The normalized spacial score (nSPS) is 10.6. The largest absolute Gasteiger partial charge is 0.346 e. The van der Waals surface area contributed by atoms with Gasteiger partial charge in [0.1, 0.15) is 5.65 Å². The molecule has 4 nitrogen and oxygen atoms in total. The molecule has 0 atom stereocenters. The highest BCUT2D eigenvalue weighted by Gasteiger charge is 2.03. The van der Waals surface area contributed by atoms with Crippen molar-refractivity contribution in [3.8, 4) is 6.07 Å². The molecule has 0 unspecified atom stereocenters. The van der Waals surface area contributed by atoms with E-state index in [4.69, 9.17) is 5.26 Å². The van der Waals surface area contributed by atoms with Crippen molar-refractivity contribution in [2.45, 2.75) is 13.1 Å². The quantitative estimate of drug-likeness (QED) is 0.759. The Labute approximate surface area is 117 Å². The van der Waals surface area contributed by atoms with Crippen LogP contribution in [-0.2, 0) is 13.1 Å². The molecule has 2 heterocycles. The zero-order valence-electron chi connectivity index (χ0n) is 10.9. The van der Waals surface area contributed by atoms with Crippen molar-refractivity contribution < 1.29 is 0 Å². The van der Waals surface area contributed by atoms with Crippen molar-refractivity contribution in [3.63, 3.8) is 0 Å². The fourth-order valence-corrected chi connectivity index (χ4v) is 2.25. The first-order valence-corrected chi connectivity index (χ1v) is 6.47. The number of hydrogen-bond acceptors (Lipinski definition) is 3. The molecule has 0 radical (unpaired) electrons. The number of fused-ring (bicyclic) bond motifs is 1. The molecular weight excluding hydrogens is 248 g/mol. The van der Waals surface area contributed by atoms with Gasteiger partial charge in [-0.1, -0.05) is 12.1 Å². The van der Waals surface area contributed by atoms with E-state index in [2.05, 4.69) is 27.4 Å². The van der Waals surface area contributed by atoms with Crippen LogP contribution >= 0.6 is 0 Å². The number of rotatable bonds is 4. The van der Waals surface area contributed by atoms with E-state index >= 15 is 0 Å². The number of aromatic nitrogens is 2. The van der Waals surface area contributed by atoms with Crippen molar-refractivity contribution in [1.29, 1.82) is 5.26 Å². The van der Waals surface area contributed by atoms with E-state index in [1.54, 1.807) is 6.20 Å². The van der Waals surface area contributed by atoms with Crippen LogP contribution < -0.4 is 5.32 Å². The summed E-state index contributed by atoms with van der Waals surface area (Å²) < 4.78 is 0. The summed E-state index contributed by atoms with van der Waals surface area (Å²) in [6.07, 6.45) is 3.76. The monoisotopic (exact) mass is 262 g/mol. The van der Waals surface area contributed by atoms with Gasteiger partial charge in [0.25, 0.3) is 0 Å². The van der Waals surface area contributed by atoms with Gasteiger partial charge in [0.05, 0.1) is 11.6 Å². The van der Waals surface area contributed by atoms with Gasteiger partial charge in [-0.05, 0) is 35.4 Å². The standard InChI is InChI=1S/C16H14N4/c17-8-12-3-1-4-13(7-12)9-18-10-14-11-20-16-15(14)5-2-6-19-16/h1-7,11,18H,9-10H2,(H,19,20). The van der Waals surface area contributed by atoms with E-state index in [0.717, 1.165) is 29.7 Å². The molecule has 0 saturated heterocycles. The second kappa shape index (κ2) is 5.55. The minimum Gasteiger partial charge on any atom is -0.346 e. The van der Waals surface area contributed by atoms with E-state index < -0.39 is 0 Å². The fraction of sp³-hybridized carbons (Fsp3) is 0.125. The van der Waals surface area contributed by atoms with Gasteiger partial charge in [-0.25, -0.2) is 4.98 Å². The second-order valence-corrected chi connectivity index (χ2v) is 4.63. The molecule has 0 aliphatic rings. The predicted octanol–water partition coefficient (Wildman–Crippen LogP) is 2.72. The van der Waals surface area contributed by atoms with Gasteiger partial charge in [-0.3, -0.25) is 0 Å². The first-order valence-electron chi connectivity index (χ1n) is 6.47. The Balaban J connectivity index is 1.66. The highest BCUT2D eigenvalue weighted by molar-refractivity contribution is 5.79. The molecule has 0 bridgehead atoms. The molecule has 20 heavy (non-hydrogen) atoms. The Morgan fingerprint density at radius 3 is 3.05 bits per heavy atom. The van der Waals surface area contributed by atoms with Gasteiger partial charge in [0.2, 0.25) is 0 Å². The van der Waals surface area contributed by atoms with Gasteiger partial charge in [0, 0.05) is 30.9 Å². The number of nitrogens with one attached hydrogen (secondary N) is 2. The van der Waals surface area contributed by atoms with Crippen LogP contribution in [0.5, 0.6) is 0 Å². The molecule has 98 valence electrons. The van der Waals surface area contributed by atoms with Gasteiger partial charge in [-0.15, -0.1) is 0 Å². The van der Waals surface area contributed by atoms with Crippen LogP contribution in [0.1, 0.15) is 16.7 Å². The number of hydrogen-bond donors (Lipinski definition) is 2. The highest BCUT2D eigenvalue weighted by Crippen LogP contribution is 2.15. The van der Waals surface area contributed by atoms with E-state index in [1.165, 1.54) is 5.56 Å². The summed E-state index contributed by atoms with van der Waals surface area (Å²) in [7, 11) is 0. The maximum Gasteiger partial charge on any atom is 0.137 e. The lowest BCUT2D eigenvalue weighted by Gasteiger charge is -2.04. The number of pyridine rings is 1. The molecule has 0 spiro atoms. The molecule has 3 rings (SSSR count). The van der Waals surface area contributed by atoms with Crippen molar-refractivity contribution in [2.75, 3.05) is 0 Å². The third kappa shape index (κ3) is 2.53. The predicted molar refractivity (Wildman–Crippen MR) is 77.8 cm³/mol. The molecule has 3 aromatic rings. The Morgan fingerprint density at radius 1 is 1.20 bits per heavy atom. The number of benzene rings is 1. The topological polar surface area (TPSA) is 64.5 Å². The Hall–Kier alpha value is -2.64. The lowest BCUT2D eigenvalue weighted by Crippen LogP contribution is -2.12. The first-order chi connectivity index (χ1) is 9.86. The minimum absolute atomic E-state index is 0.695. The maximum absolute atomic E-state index is 8.87. The van der Waals surface area contributed by atoms with E-state index in [-0.39, 0.29) is 0 Å². The summed E-state index contributed by atoms with van der Waals surface area (Å²) in [5.41, 5.74) is 3.92. The Kier molecular flexibility index (Phi) is 3.44. The van der Waals surface area contributed by atoms with Crippen molar-refractivity contribution in [2.24, 2.45) is 0 Å². The average molecular weight is 262 g/mol. The molecule has 1 aromatic carbocycles. The summed E-state index contributed by atoms with van der Waals surface area (Å²) >= 11 is 0. The molecule has 0 aliphatic carbocycles. The Bertz CT molecular complexity index is 767. The van der Waals surface area contributed by atoms with Crippen LogP contribution in [0.25, 0.3) is 11.0 Å². The van der Waals surface area contributed by atoms with Crippen molar-refractivity contribution in [3.05, 3.63) is 65.5 Å². The lowest BCUT2D eigenvalue weighted by atomic mass is 10.1. The highest BCUT2D eigenvalue weighted by atomic mass is 14.9. The third-order valence-corrected chi connectivity index (χ3v) is 3.24. The van der Waals surface area contributed by atoms with Gasteiger partial charge >= 0.3 is 0 Å². The van der Waals surface area contributed by atoms with Gasteiger partial charge < -0.3 is 10.3 Å². The molecule has 2 aromatic heterocycles. The minimum atomic E-state index is 0.695. The SMILES string of the molecule is N#Cc1cccc(CNCc2c[nH]c3ncccc23)c1. The molecular formula is C16H14N4. The van der Waals surface area contributed by atoms with Crippen molar-refractivity contribution >= 4 is 11.0 Å². The van der Waals surface area contributed by atoms with E-state index in [9.17, 15) is 0 Å². The molecule has 0 fully saturated rings. The van der Waals surface area contributed by atoms with E-state index in [1.807, 2.05) is 36.5 Å². The second-order valence-electron chi connectivity index (χ2n) is 4.63. The van der Waals surface area contributed by atoms with Crippen LogP contribution in [0.4, 0.5) is 0 Å². The van der Waals surface area contributed by atoms with Crippen LogP contribution in [0.2, 0.25) is 0 Å². The van der Waals surface area contributed by atoms with E-state index in [0.29, 0.717) is 5.56 Å². The smallest absolute Gasteiger partial charge is 0.137 e. The number of nitriles is 1. The molecule has 4 heteroatoms. The number of nitrogens with zero attached hydrogens (tertiary/aromatic N) is 2. The number of aromatic amines is 1. The molecule has 2 N–H and O–H groups in total. The van der Waals surface area contributed by atoms with Gasteiger partial charge in [-0.2, -0.15) is 5.26 Å². The first kappa shape index (κ1) is 12.4. The maximum atomic E-state index is 8.87. The Morgan fingerprint density at radius 2 is 2.15 bits per heavy atom. The average Bonchev–Trinajstić information content (AvgIpc) is 2.91. The zero-order chi connectivity index (χ0) is 13.8. The third-order valence-electron chi connectivity index (χ3n) is 3.24. The summed E-state index contributed by atoms with van der Waals surface area (Å²) in [4.78, 5) is 7.43. The summed E-state index contributed by atoms with van der Waals surface area (Å²) in [6, 6.07) is 13.8. The number of H-pyrrole nitrogens is 1. The lowest BCUT2D eigenvalue weighted by molar-refractivity contribution is 0.696. The van der Waals surface area contributed by atoms with Crippen molar-refractivity contribution in [1.82, 2.24) is 15.3 Å². The summed E-state index contributed by atoms with van der Waals surface area (Å²) in [5, 5.41) is 13.4. The van der Waals surface area contributed by atoms with Crippen LogP contribution in [0.15, 0.2) is 48.8 Å². The van der Waals surface area contributed by atoms with Gasteiger partial charge in [0.15, 0.2) is 0 Å². The molecule has 0 saturated carbocycles. The summed E-state index contributed by atoms with van der Waals surface area (Å²) in [5.74, 6) is 0. The van der Waals surface area contributed by atoms with Crippen LogP contribution in [-0.4, -0.2) is 9.97 Å². The molecule has 0 amide bonds. The summed E-state index contributed by atoms with van der Waals surface area (Å²) in [6.45, 7) is 1.50. The van der Waals surface area contributed by atoms with Crippen LogP contribution in [0.3, 0.4) is 0 Å².